The van der Waals surface area contributed by atoms with Crippen LogP contribution in [0.25, 0.3) is 10.9 Å². The summed E-state index contributed by atoms with van der Waals surface area (Å²) in [6.45, 7) is 3.77. The fourth-order valence-electron chi connectivity index (χ4n) is 3.07. The Morgan fingerprint density at radius 3 is 2.85 bits per heavy atom. The Labute approximate surface area is 156 Å². The molecule has 1 aliphatic rings. The molecule has 0 radical (unpaired) electrons. The summed E-state index contributed by atoms with van der Waals surface area (Å²) < 4.78 is 0. The highest BCUT2D eigenvalue weighted by atomic mass is 35.5. The molecule has 0 atom stereocenters. The second-order valence-electron chi connectivity index (χ2n) is 6.41. The molecule has 0 aliphatic carbocycles. The quantitative estimate of drug-likeness (QED) is 0.741. The number of hydrogen-bond acceptors (Lipinski definition) is 5. The van der Waals surface area contributed by atoms with E-state index in [4.69, 9.17) is 11.6 Å². The molecule has 0 unspecified atom stereocenters. The van der Waals surface area contributed by atoms with Gasteiger partial charge in [0.25, 0.3) is 5.91 Å². The number of hydrogen-bond donors (Lipinski definition) is 2. The van der Waals surface area contributed by atoms with E-state index in [1.165, 1.54) is 0 Å². The van der Waals surface area contributed by atoms with Crippen LogP contribution in [0.15, 0.2) is 36.5 Å². The minimum absolute atomic E-state index is 0.279. The zero-order valence-corrected chi connectivity index (χ0v) is 15.1. The van der Waals surface area contributed by atoms with Crippen molar-refractivity contribution < 1.29 is 4.79 Å². The Kier molecular flexibility index (Phi) is 4.48. The summed E-state index contributed by atoms with van der Waals surface area (Å²) in [4.78, 5) is 21.7. The number of likely N-dealkylation sites (N-methyl/N-ethyl adjacent to an activating group) is 1. The minimum Gasteiger partial charge on any atom is -0.354 e. The van der Waals surface area contributed by atoms with Gasteiger partial charge < -0.3 is 15.1 Å². The lowest BCUT2D eigenvalue weighted by atomic mass is 10.2. The van der Waals surface area contributed by atoms with Gasteiger partial charge in [0.05, 0.1) is 17.4 Å². The number of H-pyrrole nitrogens is 1. The van der Waals surface area contributed by atoms with E-state index in [1.807, 2.05) is 12.1 Å². The Bertz CT molecular complexity index is 948. The molecule has 3 aromatic rings. The van der Waals surface area contributed by atoms with Crippen LogP contribution in [0.5, 0.6) is 0 Å². The molecule has 26 heavy (non-hydrogen) atoms. The lowest BCUT2D eigenvalue weighted by Gasteiger charge is -2.33. The van der Waals surface area contributed by atoms with E-state index in [-0.39, 0.29) is 5.91 Å². The van der Waals surface area contributed by atoms with E-state index >= 15 is 0 Å². The van der Waals surface area contributed by atoms with Crippen molar-refractivity contribution >= 4 is 39.9 Å². The zero-order valence-electron chi connectivity index (χ0n) is 14.4. The maximum Gasteiger partial charge on any atom is 0.274 e. The highest BCUT2D eigenvalue weighted by molar-refractivity contribution is 6.32. The van der Waals surface area contributed by atoms with Crippen LogP contribution in [0, 0.1) is 0 Å². The van der Waals surface area contributed by atoms with E-state index in [0.29, 0.717) is 16.4 Å². The van der Waals surface area contributed by atoms with Crippen LogP contribution in [-0.4, -0.2) is 59.2 Å². The number of anilines is 2. The van der Waals surface area contributed by atoms with Crippen molar-refractivity contribution in [2.45, 2.75) is 0 Å². The SMILES string of the molecule is CN1CCN(c2cccc(C(=O)Nc3cc(Cl)cc4cn[nH]c34)n2)CC1. The number of nitrogens with zero attached hydrogens (tertiary/aromatic N) is 4. The van der Waals surface area contributed by atoms with Gasteiger partial charge in [0.1, 0.15) is 11.5 Å². The smallest absolute Gasteiger partial charge is 0.274 e. The van der Waals surface area contributed by atoms with E-state index in [2.05, 4.69) is 37.3 Å². The Morgan fingerprint density at radius 1 is 1.23 bits per heavy atom. The van der Waals surface area contributed by atoms with Crippen molar-refractivity contribution in [2.75, 3.05) is 43.4 Å². The van der Waals surface area contributed by atoms with Crippen LogP contribution >= 0.6 is 11.6 Å². The summed E-state index contributed by atoms with van der Waals surface area (Å²) in [5, 5.41) is 11.1. The van der Waals surface area contributed by atoms with Gasteiger partial charge in [-0.15, -0.1) is 0 Å². The monoisotopic (exact) mass is 370 g/mol. The van der Waals surface area contributed by atoms with Crippen molar-refractivity contribution in [3.63, 3.8) is 0 Å². The van der Waals surface area contributed by atoms with E-state index in [1.54, 1.807) is 24.4 Å². The molecule has 0 saturated carbocycles. The van der Waals surface area contributed by atoms with Gasteiger partial charge in [0.15, 0.2) is 0 Å². The molecule has 1 fully saturated rings. The summed E-state index contributed by atoms with van der Waals surface area (Å²) in [5.41, 5.74) is 1.69. The molecule has 0 bridgehead atoms. The first-order valence-corrected chi connectivity index (χ1v) is 8.82. The van der Waals surface area contributed by atoms with Gasteiger partial charge >= 0.3 is 0 Å². The summed E-state index contributed by atoms with van der Waals surface area (Å²) in [6.07, 6.45) is 1.67. The number of fused-ring (bicyclic) bond motifs is 1. The van der Waals surface area contributed by atoms with Gasteiger partial charge in [0, 0.05) is 36.6 Å². The predicted molar refractivity (Wildman–Crippen MR) is 103 cm³/mol. The maximum absolute atomic E-state index is 12.7. The van der Waals surface area contributed by atoms with Crippen molar-refractivity contribution in [1.82, 2.24) is 20.1 Å². The minimum atomic E-state index is -0.279. The van der Waals surface area contributed by atoms with Crippen molar-refractivity contribution in [3.05, 3.63) is 47.2 Å². The van der Waals surface area contributed by atoms with E-state index in [0.717, 1.165) is 42.9 Å². The number of nitrogens with one attached hydrogen (secondary N) is 2. The molecule has 8 heteroatoms. The third-order valence-corrected chi connectivity index (χ3v) is 4.77. The van der Waals surface area contributed by atoms with Gasteiger partial charge in [-0.2, -0.15) is 5.10 Å². The zero-order chi connectivity index (χ0) is 18.1. The third-order valence-electron chi connectivity index (χ3n) is 4.56. The van der Waals surface area contributed by atoms with Gasteiger partial charge in [-0.05, 0) is 31.3 Å². The standard InChI is InChI=1S/C18H19ClN6O/c1-24-5-7-25(8-6-24)16-4-2-3-14(21-16)18(26)22-15-10-13(19)9-12-11-20-23-17(12)15/h2-4,9-11H,5-8H2,1H3,(H,20,23)(H,22,26). The van der Waals surface area contributed by atoms with Crippen LogP contribution in [-0.2, 0) is 0 Å². The average molecular weight is 371 g/mol. The fraction of sp³-hybridized carbons (Fsp3) is 0.278. The number of benzene rings is 1. The number of rotatable bonds is 3. The molecular weight excluding hydrogens is 352 g/mol. The van der Waals surface area contributed by atoms with Crippen LogP contribution in [0.3, 0.4) is 0 Å². The van der Waals surface area contributed by atoms with Crippen molar-refractivity contribution in [3.8, 4) is 0 Å². The fourth-order valence-corrected chi connectivity index (χ4v) is 3.29. The number of pyridine rings is 1. The Balaban J connectivity index is 1.56. The number of carbonyl (C=O) groups excluding carboxylic acids is 1. The first-order valence-electron chi connectivity index (χ1n) is 8.45. The molecule has 0 spiro atoms. The molecule has 1 amide bonds. The van der Waals surface area contributed by atoms with Crippen LogP contribution < -0.4 is 10.2 Å². The number of aromatic amines is 1. The summed E-state index contributed by atoms with van der Waals surface area (Å²) >= 11 is 6.13. The van der Waals surface area contributed by atoms with Gasteiger partial charge in [-0.25, -0.2) is 4.98 Å². The normalized spacial score (nSPS) is 15.4. The summed E-state index contributed by atoms with van der Waals surface area (Å²) in [5.74, 6) is 0.544. The Hall–Kier alpha value is -2.64. The molecule has 2 N–H and O–H groups in total. The molecule has 1 aromatic carbocycles. The largest absolute Gasteiger partial charge is 0.354 e. The molecule has 134 valence electrons. The second kappa shape index (κ2) is 6.93. The number of piperazine rings is 1. The van der Waals surface area contributed by atoms with Crippen LogP contribution in [0.1, 0.15) is 10.5 Å². The lowest BCUT2D eigenvalue weighted by Crippen LogP contribution is -2.44. The maximum atomic E-state index is 12.7. The van der Waals surface area contributed by atoms with Crippen LogP contribution in [0.4, 0.5) is 11.5 Å². The van der Waals surface area contributed by atoms with E-state index < -0.39 is 0 Å². The summed E-state index contributed by atoms with van der Waals surface area (Å²) in [6, 6.07) is 9.00. The highest BCUT2D eigenvalue weighted by Gasteiger charge is 2.17. The number of carbonyl (C=O) groups is 1. The van der Waals surface area contributed by atoms with Crippen molar-refractivity contribution in [2.24, 2.45) is 0 Å². The van der Waals surface area contributed by atoms with Gasteiger partial charge in [0.2, 0.25) is 0 Å². The van der Waals surface area contributed by atoms with Crippen LogP contribution in [0.2, 0.25) is 5.02 Å². The molecular formula is C18H19ClN6O. The molecule has 3 heterocycles. The van der Waals surface area contributed by atoms with Gasteiger partial charge in [-0.1, -0.05) is 17.7 Å². The molecule has 1 aliphatic heterocycles. The Morgan fingerprint density at radius 2 is 2.04 bits per heavy atom. The molecule has 1 saturated heterocycles. The molecule has 7 nitrogen and oxygen atoms in total. The van der Waals surface area contributed by atoms with Gasteiger partial charge in [-0.3, -0.25) is 9.89 Å². The number of amides is 1. The topological polar surface area (TPSA) is 77.1 Å². The molecule has 4 rings (SSSR count). The van der Waals surface area contributed by atoms with E-state index in [9.17, 15) is 4.79 Å². The average Bonchev–Trinajstić information content (AvgIpc) is 3.11. The number of aromatic nitrogens is 3. The second-order valence-corrected chi connectivity index (χ2v) is 6.85. The predicted octanol–water partition coefficient (Wildman–Crippen LogP) is 2.62. The lowest BCUT2D eigenvalue weighted by molar-refractivity contribution is 0.102. The molecule has 2 aromatic heterocycles. The third kappa shape index (κ3) is 3.36. The summed E-state index contributed by atoms with van der Waals surface area (Å²) in [7, 11) is 2.11. The number of halogens is 1. The van der Waals surface area contributed by atoms with Crippen molar-refractivity contribution in [1.29, 1.82) is 0 Å². The first-order chi connectivity index (χ1) is 12.6. The first kappa shape index (κ1) is 16.8. The highest BCUT2D eigenvalue weighted by Crippen LogP contribution is 2.26.